The van der Waals surface area contributed by atoms with Gasteiger partial charge < -0.3 is 19.6 Å². The van der Waals surface area contributed by atoms with Crippen molar-refractivity contribution >= 4 is 11.9 Å². The summed E-state index contributed by atoms with van der Waals surface area (Å²) >= 11 is 0. The summed E-state index contributed by atoms with van der Waals surface area (Å²) in [5, 5.41) is 8.71. The van der Waals surface area contributed by atoms with Crippen LogP contribution in [0.3, 0.4) is 0 Å². The number of hydrogen-bond donors (Lipinski definition) is 1. The van der Waals surface area contributed by atoms with E-state index >= 15 is 0 Å². The monoisotopic (exact) mass is 306 g/mol. The summed E-state index contributed by atoms with van der Waals surface area (Å²) < 4.78 is 5.31. The van der Waals surface area contributed by atoms with Crippen molar-refractivity contribution in [1.29, 1.82) is 0 Å². The molecule has 0 saturated carbocycles. The Morgan fingerprint density at radius 3 is 2.82 bits per heavy atom. The lowest BCUT2D eigenvalue weighted by atomic mass is 10.1. The van der Waals surface area contributed by atoms with E-state index in [1.54, 1.807) is 11.0 Å². The minimum atomic E-state index is -0.990. The first kappa shape index (κ1) is 16.3. The number of carbonyl (C=O) groups is 2. The number of carbonyl (C=O) groups excluding carboxylic acids is 1. The quantitative estimate of drug-likeness (QED) is 0.816. The number of carboxylic acids is 1. The molecule has 6 heteroatoms. The number of likely N-dealkylation sites (tertiary alicyclic amines) is 1. The molecule has 1 amide bonds. The number of nitrogens with zero attached hydrogens (tertiary/aromatic N) is 2. The van der Waals surface area contributed by atoms with Gasteiger partial charge in [-0.3, -0.25) is 4.79 Å². The van der Waals surface area contributed by atoms with E-state index in [2.05, 4.69) is 4.90 Å². The van der Waals surface area contributed by atoms with E-state index in [-0.39, 0.29) is 12.5 Å². The number of hydrogen-bond acceptors (Lipinski definition) is 4. The highest BCUT2D eigenvalue weighted by Crippen LogP contribution is 2.22. The number of benzene rings is 1. The molecule has 0 aliphatic carbocycles. The van der Waals surface area contributed by atoms with E-state index in [1.807, 2.05) is 32.3 Å². The van der Waals surface area contributed by atoms with Crippen molar-refractivity contribution in [3.63, 3.8) is 0 Å². The zero-order valence-corrected chi connectivity index (χ0v) is 13.0. The zero-order valence-electron chi connectivity index (χ0n) is 13.0. The largest absolute Gasteiger partial charge is 0.482 e. The van der Waals surface area contributed by atoms with E-state index in [0.29, 0.717) is 24.6 Å². The van der Waals surface area contributed by atoms with Gasteiger partial charge in [0.2, 0.25) is 5.91 Å². The van der Waals surface area contributed by atoms with Crippen LogP contribution < -0.4 is 4.74 Å². The molecule has 1 atom stereocenters. The molecule has 1 unspecified atom stereocenters. The predicted molar refractivity (Wildman–Crippen MR) is 81.7 cm³/mol. The summed E-state index contributed by atoms with van der Waals surface area (Å²) in [6.07, 6.45) is 0.595. The average molecular weight is 306 g/mol. The third-order valence-electron chi connectivity index (χ3n) is 3.75. The summed E-state index contributed by atoms with van der Waals surface area (Å²) in [6.45, 7) is 1.93. The first-order chi connectivity index (χ1) is 10.5. The van der Waals surface area contributed by atoms with Gasteiger partial charge in [-0.15, -0.1) is 0 Å². The van der Waals surface area contributed by atoms with Crippen molar-refractivity contribution in [2.45, 2.75) is 13.0 Å². The normalized spacial score (nSPS) is 18.0. The smallest absolute Gasteiger partial charge is 0.341 e. The van der Waals surface area contributed by atoms with Crippen LogP contribution in [-0.2, 0) is 16.1 Å². The van der Waals surface area contributed by atoms with Crippen molar-refractivity contribution in [3.05, 3.63) is 29.8 Å². The first-order valence-electron chi connectivity index (χ1n) is 7.30. The van der Waals surface area contributed by atoms with Crippen LogP contribution in [0.2, 0.25) is 0 Å². The van der Waals surface area contributed by atoms with Crippen molar-refractivity contribution < 1.29 is 19.4 Å². The van der Waals surface area contributed by atoms with Gasteiger partial charge in [0.05, 0.1) is 0 Å². The molecular weight excluding hydrogens is 284 g/mol. The van der Waals surface area contributed by atoms with Gasteiger partial charge in [-0.05, 0) is 19.0 Å². The molecule has 1 N–H and O–H groups in total. The molecule has 1 aliphatic heterocycles. The van der Waals surface area contributed by atoms with Gasteiger partial charge >= 0.3 is 5.97 Å². The lowest BCUT2D eigenvalue weighted by Gasteiger charge is -2.21. The van der Waals surface area contributed by atoms with Gasteiger partial charge in [-0.1, -0.05) is 18.2 Å². The number of carboxylic acid groups (broad SMARTS) is 1. The van der Waals surface area contributed by atoms with Crippen LogP contribution in [0.1, 0.15) is 12.0 Å². The van der Waals surface area contributed by atoms with Crippen molar-refractivity contribution in [1.82, 2.24) is 9.80 Å². The number of ether oxygens (including phenoxy) is 1. The second-order valence-electron chi connectivity index (χ2n) is 5.83. The molecule has 1 heterocycles. The van der Waals surface area contributed by atoms with Gasteiger partial charge in [-0.2, -0.15) is 0 Å². The van der Waals surface area contributed by atoms with E-state index in [9.17, 15) is 9.59 Å². The maximum absolute atomic E-state index is 11.6. The van der Waals surface area contributed by atoms with Crippen molar-refractivity contribution in [3.8, 4) is 5.75 Å². The summed E-state index contributed by atoms with van der Waals surface area (Å²) in [4.78, 5) is 26.1. The molecule has 0 bridgehead atoms. The Labute approximate surface area is 130 Å². The number of amides is 1. The molecule has 2 rings (SSSR count). The highest BCUT2D eigenvalue weighted by molar-refractivity contribution is 5.78. The van der Waals surface area contributed by atoms with Gasteiger partial charge in [0.1, 0.15) is 5.75 Å². The van der Waals surface area contributed by atoms with E-state index in [4.69, 9.17) is 9.84 Å². The molecule has 1 saturated heterocycles. The first-order valence-corrected chi connectivity index (χ1v) is 7.30. The number of rotatable bonds is 7. The third kappa shape index (κ3) is 4.46. The molecule has 0 aromatic heterocycles. The zero-order chi connectivity index (χ0) is 16.1. The second kappa shape index (κ2) is 7.26. The lowest BCUT2D eigenvalue weighted by Crippen LogP contribution is -2.27. The molecule has 6 nitrogen and oxygen atoms in total. The van der Waals surface area contributed by atoms with Crippen LogP contribution in [0.25, 0.3) is 0 Å². The van der Waals surface area contributed by atoms with Crippen LogP contribution >= 0.6 is 0 Å². The maximum Gasteiger partial charge on any atom is 0.341 e. The Bertz CT molecular complexity index is 547. The molecule has 1 aliphatic rings. The summed E-state index contributed by atoms with van der Waals surface area (Å²) in [6, 6.07) is 7.44. The Morgan fingerprint density at radius 2 is 2.18 bits per heavy atom. The average Bonchev–Trinajstić information content (AvgIpc) is 2.76. The Morgan fingerprint density at radius 1 is 1.45 bits per heavy atom. The fourth-order valence-electron chi connectivity index (χ4n) is 2.79. The Hall–Kier alpha value is -2.08. The van der Waals surface area contributed by atoms with Crippen LogP contribution in [0.15, 0.2) is 24.3 Å². The second-order valence-corrected chi connectivity index (χ2v) is 5.83. The Balaban J connectivity index is 1.92. The molecular formula is C16H22N2O4. The summed E-state index contributed by atoms with van der Waals surface area (Å²) in [7, 11) is 3.83. The highest BCUT2D eigenvalue weighted by Gasteiger charge is 2.27. The molecule has 22 heavy (non-hydrogen) atoms. The Kier molecular flexibility index (Phi) is 5.38. The minimum absolute atomic E-state index is 0.198. The summed E-state index contributed by atoms with van der Waals surface area (Å²) in [5.41, 5.74) is 0.948. The molecule has 0 radical (unpaired) electrons. The van der Waals surface area contributed by atoms with Crippen LogP contribution in [0.5, 0.6) is 5.75 Å². The number of para-hydroxylation sites is 1. The highest BCUT2D eigenvalue weighted by atomic mass is 16.5. The predicted octanol–water partition coefficient (Wildman–Crippen LogP) is 1.06. The van der Waals surface area contributed by atoms with Gasteiger partial charge in [0.15, 0.2) is 6.61 Å². The minimum Gasteiger partial charge on any atom is -0.482 e. The molecule has 120 valence electrons. The fourth-order valence-corrected chi connectivity index (χ4v) is 2.79. The molecule has 1 aromatic rings. The number of aliphatic carboxylic acids is 1. The van der Waals surface area contributed by atoms with Crippen molar-refractivity contribution in [2.24, 2.45) is 5.92 Å². The van der Waals surface area contributed by atoms with Crippen LogP contribution in [-0.4, -0.2) is 60.6 Å². The van der Waals surface area contributed by atoms with E-state index < -0.39 is 5.97 Å². The fraction of sp³-hybridized carbons (Fsp3) is 0.500. The topological polar surface area (TPSA) is 70.1 Å². The lowest BCUT2D eigenvalue weighted by molar-refractivity contribution is -0.139. The van der Waals surface area contributed by atoms with Crippen LogP contribution in [0.4, 0.5) is 0 Å². The third-order valence-corrected chi connectivity index (χ3v) is 3.75. The van der Waals surface area contributed by atoms with Crippen molar-refractivity contribution in [2.75, 3.05) is 33.8 Å². The van der Waals surface area contributed by atoms with E-state index in [0.717, 1.165) is 18.7 Å². The molecule has 0 spiro atoms. The molecule has 1 aromatic carbocycles. The van der Waals surface area contributed by atoms with Gasteiger partial charge in [0, 0.05) is 38.7 Å². The maximum atomic E-state index is 11.6. The summed E-state index contributed by atoms with van der Waals surface area (Å²) in [5.74, 6) is 0.144. The molecule has 1 fully saturated rings. The SMILES string of the molecule is CN(Cc1ccccc1OCC(=O)O)CC1CC(=O)N(C)C1. The van der Waals surface area contributed by atoms with Crippen LogP contribution in [0, 0.1) is 5.92 Å². The van der Waals surface area contributed by atoms with Gasteiger partial charge in [0.25, 0.3) is 0 Å². The van der Waals surface area contributed by atoms with E-state index in [1.165, 1.54) is 0 Å². The van der Waals surface area contributed by atoms with Gasteiger partial charge in [-0.25, -0.2) is 4.79 Å². The standard InChI is InChI=1S/C16H22N2O4/c1-17(8-12-7-15(19)18(2)9-12)10-13-5-3-4-6-14(13)22-11-16(20)21/h3-6,12H,7-11H2,1-2H3,(H,20,21).